The van der Waals surface area contributed by atoms with Crippen LogP contribution >= 0.6 is 11.6 Å². The molecule has 0 aromatic rings. The van der Waals surface area contributed by atoms with Gasteiger partial charge in [-0.05, 0) is 13.3 Å². The second kappa shape index (κ2) is 3.96. The molecule has 1 aliphatic heterocycles. The number of likely N-dealkylation sites (tertiary alicyclic amines) is 1. The van der Waals surface area contributed by atoms with Crippen LogP contribution in [0.25, 0.3) is 0 Å². The molecule has 1 fully saturated rings. The molecule has 0 bridgehead atoms. The number of alkyl halides is 4. The minimum absolute atomic E-state index is 0.0150. The third-order valence-electron chi connectivity index (χ3n) is 2.30. The Hall–Kier alpha value is -0.450. The number of rotatable bonds is 1. The smallest absolute Gasteiger partial charge is 0.341 e. The molecule has 2 nitrogen and oxygen atoms in total. The Kier molecular flexibility index (Phi) is 3.29. The highest BCUT2D eigenvalue weighted by molar-refractivity contribution is 6.30. The molecular weight excluding hydrogens is 219 g/mol. The molecule has 82 valence electrons. The van der Waals surface area contributed by atoms with Gasteiger partial charge in [0, 0.05) is 13.1 Å². The monoisotopic (exact) mass is 229 g/mol. The number of hydrogen-bond acceptors (Lipinski definition) is 1. The van der Waals surface area contributed by atoms with E-state index in [0.29, 0.717) is 0 Å². The van der Waals surface area contributed by atoms with Crippen LogP contribution in [-0.2, 0) is 4.79 Å². The summed E-state index contributed by atoms with van der Waals surface area (Å²) in [5.41, 5.74) is 0. The standard InChI is InChI=1S/C8H11ClF3NO/c1-5(9)7(14)13-3-2-6(4-13)8(10,11)12/h5-6H,2-4H2,1H3/t5-,6-/m1/s1. The molecule has 0 radical (unpaired) electrons. The predicted molar refractivity (Wildman–Crippen MR) is 46.1 cm³/mol. The summed E-state index contributed by atoms with van der Waals surface area (Å²) >= 11 is 5.50. The summed E-state index contributed by atoms with van der Waals surface area (Å²) in [4.78, 5) is 12.4. The highest BCUT2D eigenvalue weighted by atomic mass is 35.5. The van der Waals surface area contributed by atoms with Crippen LogP contribution in [0.4, 0.5) is 13.2 Å². The fourth-order valence-corrected chi connectivity index (χ4v) is 1.62. The summed E-state index contributed by atoms with van der Waals surface area (Å²) in [6.07, 6.45) is -4.22. The van der Waals surface area contributed by atoms with E-state index in [1.54, 1.807) is 0 Å². The highest BCUT2D eigenvalue weighted by Gasteiger charge is 2.44. The van der Waals surface area contributed by atoms with Crippen molar-refractivity contribution in [1.82, 2.24) is 4.90 Å². The second-order valence-electron chi connectivity index (χ2n) is 3.43. The summed E-state index contributed by atoms with van der Waals surface area (Å²) in [6, 6.07) is 0. The summed E-state index contributed by atoms with van der Waals surface area (Å²) in [6.45, 7) is 1.37. The fourth-order valence-electron chi connectivity index (χ4n) is 1.48. The van der Waals surface area contributed by atoms with Crippen LogP contribution in [0.15, 0.2) is 0 Å². The van der Waals surface area contributed by atoms with Crippen LogP contribution in [0.3, 0.4) is 0 Å². The van der Waals surface area contributed by atoms with Crippen LogP contribution in [0.2, 0.25) is 0 Å². The van der Waals surface area contributed by atoms with E-state index in [4.69, 9.17) is 11.6 Å². The lowest BCUT2D eigenvalue weighted by Crippen LogP contribution is -2.35. The van der Waals surface area contributed by atoms with Crippen molar-refractivity contribution in [2.24, 2.45) is 5.92 Å². The Morgan fingerprint density at radius 2 is 2.14 bits per heavy atom. The summed E-state index contributed by atoms with van der Waals surface area (Å²) < 4.78 is 36.7. The molecule has 6 heteroatoms. The third-order valence-corrected chi connectivity index (χ3v) is 2.49. The van der Waals surface area contributed by atoms with Crippen LogP contribution in [0.5, 0.6) is 0 Å². The molecular formula is C8H11ClF3NO. The van der Waals surface area contributed by atoms with Crippen molar-refractivity contribution in [1.29, 1.82) is 0 Å². The van der Waals surface area contributed by atoms with Crippen molar-refractivity contribution in [2.45, 2.75) is 24.9 Å². The largest absolute Gasteiger partial charge is 0.393 e. The minimum Gasteiger partial charge on any atom is -0.341 e. The van der Waals surface area contributed by atoms with E-state index in [1.807, 2.05) is 0 Å². The number of amides is 1. The van der Waals surface area contributed by atoms with Gasteiger partial charge in [-0.3, -0.25) is 4.79 Å². The Morgan fingerprint density at radius 1 is 1.57 bits per heavy atom. The van der Waals surface area contributed by atoms with Crippen molar-refractivity contribution in [3.05, 3.63) is 0 Å². The summed E-state index contributed by atoms with van der Waals surface area (Å²) in [7, 11) is 0. The molecule has 0 saturated carbocycles. The van der Waals surface area contributed by atoms with Gasteiger partial charge in [-0.2, -0.15) is 13.2 Å². The average Bonchev–Trinajstić information content (AvgIpc) is 2.49. The molecule has 1 aliphatic rings. The van der Waals surface area contributed by atoms with Crippen LogP contribution in [0, 0.1) is 5.92 Å². The molecule has 0 N–H and O–H groups in total. The van der Waals surface area contributed by atoms with Gasteiger partial charge in [0.05, 0.1) is 5.92 Å². The van der Waals surface area contributed by atoms with E-state index in [0.717, 1.165) is 0 Å². The van der Waals surface area contributed by atoms with Gasteiger partial charge in [0.2, 0.25) is 5.91 Å². The molecule has 0 aliphatic carbocycles. The molecule has 0 spiro atoms. The second-order valence-corrected chi connectivity index (χ2v) is 4.08. The molecule has 0 unspecified atom stereocenters. The lowest BCUT2D eigenvalue weighted by molar-refractivity contribution is -0.171. The van der Waals surface area contributed by atoms with E-state index in [-0.39, 0.29) is 19.5 Å². The maximum Gasteiger partial charge on any atom is 0.393 e. The SMILES string of the molecule is C[C@@H](Cl)C(=O)N1CC[C@@H](C(F)(F)F)C1. The zero-order valence-electron chi connectivity index (χ0n) is 7.64. The van der Waals surface area contributed by atoms with Crippen LogP contribution in [-0.4, -0.2) is 35.4 Å². The van der Waals surface area contributed by atoms with Gasteiger partial charge in [0.1, 0.15) is 5.38 Å². The number of halogens is 4. The predicted octanol–water partition coefficient (Wildman–Crippen LogP) is 2.02. The molecule has 1 rings (SSSR count). The molecule has 14 heavy (non-hydrogen) atoms. The molecule has 1 amide bonds. The van der Waals surface area contributed by atoms with Crippen molar-refractivity contribution in [3.8, 4) is 0 Å². The first-order valence-corrected chi connectivity index (χ1v) is 4.75. The van der Waals surface area contributed by atoms with Crippen molar-refractivity contribution in [2.75, 3.05) is 13.1 Å². The lowest BCUT2D eigenvalue weighted by atomic mass is 10.1. The number of carbonyl (C=O) groups is 1. The molecule has 2 atom stereocenters. The Morgan fingerprint density at radius 3 is 2.50 bits per heavy atom. The van der Waals surface area contributed by atoms with E-state index < -0.39 is 23.4 Å². The Bertz CT molecular complexity index is 229. The molecule has 0 aromatic heterocycles. The van der Waals surface area contributed by atoms with Crippen molar-refractivity contribution >= 4 is 17.5 Å². The summed E-state index contributed by atoms with van der Waals surface area (Å²) in [5.74, 6) is -1.81. The van der Waals surface area contributed by atoms with Gasteiger partial charge < -0.3 is 4.90 Å². The Labute approximate surface area is 85.0 Å². The fraction of sp³-hybridized carbons (Fsp3) is 0.875. The maximum atomic E-state index is 12.2. The first kappa shape index (κ1) is 11.6. The topological polar surface area (TPSA) is 20.3 Å². The van der Waals surface area contributed by atoms with Gasteiger partial charge in [0.25, 0.3) is 0 Å². The van der Waals surface area contributed by atoms with Gasteiger partial charge in [-0.15, -0.1) is 11.6 Å². The molecule has 0 aromatic carbocycles. The van der Waals surface area contributed by atoms with E-state index in [1.165, 1.54) is 11.8 Å². The van der Waals surface area contributed by atoms with E-state index in [9.17, 15) is 18.0 Å². The normalized spacial score (nSPS) is 25.2. The average molecular weight is 230 g/mol. The minimum atomic E-state index is -4.20. The first-order chi connectivity index (χ1) is 6.32. The third kappa shape index (κ3) is 2.53. The number of hydrogen-bond donors (Lipinski definition) is 0. The highest BCUT2D eigenvalue weighted by Crippen LogP contribution is 2.33. The van der Waals surface area contributed by atoms with Crippen molar-refractivity contribution in [3.63, 3.8) is 0 Å². The van der Waals surface area contributed by atoms with E-state index >= 15 is 0 Å². The van der Waals surface area contributed by atoms with Gasteiger partial charge in [0.15, 0.2) is 0 Å². The van der Waals surface area contributed by atoms with Gasteiger partial charge >= 0.3 is 6.18 Å². The number of nitrogens with zero attached hydrogens (tertiary/aromatic N) is 1. The van der Waals surface area contributed by atoms with Gasteiger partial charge in [-0.1, -0.05) is 0 Å². The maximum absolute atomic E-state index is 12.2. The van der Waals surface area contributed by atoms with Crippen LogP contribution in [0.1, 0.15) is 13.3 Å². The van der Waals surface area contributed by atoms with E-state index in [2.05, 4.69) is 0 Å². The van der Waals surface area contributed by atoms with Crippen molar-refractivity contribution < 1.29 is 18.0 Å². The zero-order valence-corrected chi connectivity index (χ0v) is 8.40. The summed E-state index contributed by atoms with van der Waals surface area (Å²) in [5, 5.41) is -0.748. The number of carbonyl (C=O) groups excluding carboxylic acids is 1. The molecule has 1 heterocycles. The quantitative estimate of drug-likeness (QED) is 0.630. The van der Waals surface area contributed by atoms with Crippen LogP contribution < -0.4 is 0 Å². The lowest BCUT2D eigenvalue weighted by Gasteiger charge is -2.18. The first-order valence-electron chi connectivity index (χ1n) is 4.32. The zero-order chi connectivity index (χ0) is 10.9. The Balaban J connectivity index is 2.54. The molecule has 1 saturated heterocycles. The van der Waals surface area contributed by atoms with Gasteiger partial charge in [-0.25, -0.2) is 0 Å².